The third-order valence-electron chi connectivity index (χ3n) is 6.84. The van der Waals surface area contributed by atoms with E-state index in [1.807, 2.05) is 0 Å². The van der Waals surface area contributed by atoms with Crippen LogP contribution in [0.25, 0.3) is 0 Å². The van der Waals surface area contributed by atoms with Gasteiger partial charge in [0.2, 0.25) is 0 Å². The molecule has 0 N–H and O–H groups in total. The second-order valence-corrected chi connectivity index (χ2v) is 10.1. The molecule has 1 unspecified atom stereocenters. The normalized spacial score (nSPS) is 19.3. The van der Waals surface area contributed by atoms with Gasteiger partial charge >= 0.3 is 5.97 Å². The van der Waals surface area contributed by atoms with Crippen LogP contribution in [0, 0.1) is 5.92 Å². The molecule has 3 heterocycles. The number of aromatic nitrogens is 1. The molecule has 0 radical (unpaired) electrons. The molecule has 8 heteroatoms. The predicted octanol–water partition coefficient (Wildman–Crippen LogP) is 3.14. The van der Waals surface area contributed by atoms with Crippen molar-refractivity contribution in [2.75, 3.05) is 53.2 Å². The lowest BCUT2D eigenvalue weighted by Gasteiger charge is -2.29. The SMILES string of the molecule is COC(=O)c1c(OCC2CCCN(C)C2)cc(=O)n2c1CCN(Cc1ccc(SC)cc1)CC2. The van der Waals surface area contributed by atoms with E-state index in [-0.39, 0.29) is 5.56 Å². The smallest absolute Gasteiger partial charge is 0.343 e. The highest BCUT2D eigenvalue weighted by molar-refractivity contribution is 7.98. The molecule has 1 aromatic heterocycles. The van der Waals surface area contributed by atoms with Crippen molar-refractivity contribution in [3.63, 3.8) is 0 Å². The summed E-state index contributed by atoms with van der Waals surface area (Å²) in [4.78, 5) is 31.7. The maximum Gasteiger partial charge on any atom is 0.343 e. The van der Waals surface area contributed by atoms with Crippen molar-refractivity contribution >= 4 is 17.7 Å². The maximum absolute atomic E-state index is 13.0. The van der Waals surface area contributed by atoms with Gasteiger partial charge in [0.15, 0.2) is 0 Å². The molecule has 34 heavy (non-hydrogen) atoms. The molecule has 2 aliphatic heterocycles. The molecule has 1 fully saturated rings. The van der Waals surface area contributed by atoms with E-state index in [9.17, 15) is 9.59 Å². The van der Waals surface area contributed by atoms with Crippen LogP contribution >= 0.6 is 11.8 Å². The van der Waals surface area contributed by atoms with Gasteiger partial charge in [-0.15, -0.1) is 11.8 Å². The average molecular weight is 486 g/mol. The molecule has 1 saturated heterocycles. The van der Waals surface area contributed by atoms with Crippen molar-refractivity contribution in [3.05, 3.63) is 57.5 Å². The summed E-state index contributed by atoms with van der Waals surface area (Å²) in [5, 5.41) is 0. The van der Waals surface area contributed by atoms with Crippen molar-refractivity contribution in [1.82, 2.24) is 14.4 Å². The van der Waals surface area contributed by atoms with Crippen LogP contribution < -0.4 is 10.3 Å². The number of carbonyl (C=O) groups is 1. The van der Waals surface area contributed by atoms with E-state index >= 15 is 0 Å². The Balaban J connectivity index is 1.53. The van der Waals surface area contributed by atoms with E-state index in [2.05, 4.69) is 47.4 Å². The highest BCUT2D eigenvalue weighted by Gasteiger charge is 2.27. The number of pyridine rings is 1. The Morgan fingerprint density at radius 2 is 1.94 bits per heavy atom. The first-order valence-electron chi connectivity index (χ1n) is 12.0. The lowest BCUT2D eigenvalue weighted by molar-refractivity contribution is 0.0590. The van der Waals surface area contributed by atoms with Gasteiger partial charge in [0.05, 0.1) is 13.7 Å². The van der Waals surface area contributed by atoms with Crippen molar-refractivity contribution in [3.8, 4) is 5.75 Å². The van der Waals surface area contributed by atoms with Gasteiger partial charge in [-0.2, -0.15) is 0 Å². The van der Waals surface area contributed by atoms with Gasteiger partial charge in [-0.1, -0.05) is 12.1 Å². The Bertz CT molecular complexity index is 1050. The van der Waals surface area contributed by atoms with Gasteiger partial charge in [-0.05, 0) is 50.4 Å². The van der Waals surface area contributed by atoms with E-state index in [0.717, 1.165) is 51.3 Å². The van der Waals surface area contributed by atoms with E-state index in [4.69, 9.17) is 9.47 Å². The number of piperidine rings is 1. The van der Waals surface area contributed by atoms with E-state index in [1.165, 1.54) is 23.6 Å². The lowest BCUT2D eigenvalue weighted by Crippen LogP contribution is -2.35. The fourth-order valence-electron chi connectivity index (χ4n) is 4.99. The Kier molecular flexibility index (Phi) is 8.34. The van der Waals surface area contributed by atoms with Crippen molar-refractivity contribution < 1.29 is 14.3 Å². The van der Waals surface area contributed by atoms with E-state index in [1.54, 1.807) is 16.3 Å². The zero-order valence-electron chi connectivity index (χ0n) is 20.4. The molecule has 4 rings (SSSR count). The quantitative estimate of drug-likeness (QED) is 0.441. The highest BCUT2D eigenvalue weighted by atomic mass is 32.2. The van der Waals surface area contributed by atoms with Gasteiger partial charge in [-0.25, -0.2) is 4.79 Å². The number of esters is 1. The monoisotopic (exact) mass is 485 g/mol. The summed E-state index contributed by atoms with van der Waals surface area (Å²) in [7, 11) is 3.50. The highest BCUT2D eigenvalue weighted by Crippen LogP contribution is 2.26. The number of nitrogens with zero attached hydrogens (tertiary/aromatic N) is 3. The second-order valence-electron chi connectivity index (χ2n) is 9.27. The minimum atomic E-state index is -0.444. The fourth-order valence-corrected chi connectivity index (χ4v) is 5.40. The molecular formula is C26H35N3O4S. The van der Waals surface area contributed by atoms with Crippen molar-refractivity contribution in [2.24, 2.45) is 5.92 Å². The summed E-state index contributed by atoms with van der Waals surface area (Å²) in [6.45, 7) is 5.40. The number of likely N-dealkylation sites (tertiary alicyclic amines) is 1. The number of thioether (sulfide) groups is 1. The maximum atomic E-state index is 13.0. The molecule has 1 atom stereocenters. The van der Waals surface area contributed by atoms with Gasteiger partial charge in [0, 0.05) is 61.7 Å². The molecule has 0 amide bonds. The number of methoxy groups -OCH3 is 1. The summed E-state index contributed by atoms with van der Waals surface area (Å²) in [5.74, 6) is 0.303. The van der Waals surface area contributed by atoms with Crippen molar-refractivity contribution in [1.29, 1.82) is 0 Å². The zero-order valence-corrected chi connectivity index (χ0v) is 21.2. The Labute approximate surface area is 206 Å². The third kappa shape index (κ3) is 5.85. The molecule has 2 aliphatic rings. The third-order valence-corrected chi connectivity index (χ3v) is 7.58. The standard InChI is InChI=1S/C26H35N3O4S/c1-27-11-4-5-20(16-27)18-33-23-15-24(30)29-14-13-28(12-10-22(29)25(23)26(31)32-2)17-19-6-8-21(34-3)9-7-19/h6-9,15,20H,4-5,10-14,16-18H2,1-3H3. The zero-order chi connectivity index (χ0) is 24.1. The van der Waals surface area contributed by atoms with Crippen LogP contribution in [0.5, 0.6) is 5.75 Å². The molecule has 7 nitrogen and oxygen atoms in total. The first-order chi connectivity index (χ1) is 16.5. The number of rotatable bonds is 7. The van der Waals surface area contributed by atoms with Gasteiger partial charge < -0.3 is 18.9 Å². The van der Waals surface area contributed by atoms with Crippen LogP contribution in [0.1, 0.15) is 34.5 Å². The van der Waals surface area contributed by atoms with E-state index < -0.39 is 5.97 Å². The molecule has 184 valence electrons. The number of ether oxygens (including phenoxy) is 2. The molecule has 2 aromatic rings. The molecular weight excluding hydrogens is 450 g/mol. The minimum absolute atomic E-state index is 0.121. The van der Waals surface area contributed by atoms with Crippen LogP contribution in [-0.2, 0) is 24.2 Å². The number of hydrogen-bond acceptors (Lipinski definition) is 7. The molecule has 0 bridgehead atoms. The summed E-state index contributed by atoms with van der Waals surface area (Å²) < 4.78 is 13.0. The first kappa shape index (κ1) is 24.8. The first-order valence-corrected chi connectivity index (χ1v) is 13.2. The van der Waals surface area contributed by atoms with Crippen LogP contribution in [0.2, 0.25) is 0 Å². The predicted molar refractivity (Wildman–Crippen MR) is 135 cm³/mol. The minimum Gasteiger partial charge on any atom is -0.492 e. The summed E-state index contributed by atoms with van der Waals surface area (Å²) in [5.41, 5.74) is 2.24. The van der Waals surface area contributed by atoms with Crippen LogP contribution in [0.4, 0.5) is 0 Å². The van der Waals surface area contributed by atoms with Gasteiger partial charge in [-0.3, -0.25) is 9.69 Å². The summed E-state index contributed by atoms with van der Waals surface area (Å²) >= 11 is 1.73. The lowest BCUT2D eigenvalue weighted by atomic mass is 9.99. The second kappa shape index (κ2) is 11.4. The van der Waals surface area contributed by atoms with Gasteiger partial charge in [0.25, 0.3) is 5.56 Å². The van der Waals surface area contributed by atoms with Crippen LogP contribution in [0.15, 0.2) is 40.0 Å². The number of fused-ring (bicyclic) bond motifs is 1. The summed E-state index contributed by atoms with van der Waals surface area (Å²) in [6.07, 6.45) is 4.89. The van der Waals surface area contributed by atoms with Crippen molar-refractivity contribution in [2.45, 2.75) is 37.2 Å². The van der Waals surface area contributed by atoms with E-state index in [0.29, 0.717) is 36.8 Å². The summed E-state index contributed by atoms with van der Waals surface area (Å²) in [6, 6.07) is 10.1. The largest absolute Gasteiger partial charge is 0.492 e. The topological polar surface area (TPSA) is 64.0 Å². The Morgan fingerprint density at radius 3 is 2.65 bits per heavy atom. The average Bonchev–Trinajstić information content (AvgIpc) is 3.06. The van der Waals surface area contributed by atoms with Crippen LogP contribution in [-0.4, -0.2) is 73.5 Å². The fraction of sp³-hybridized carbons (Fsp3) is 0.538. The Hall–Kier alpha value is -2.29. The molecule has 0 spiro atoms. The van der Waals surface area contributed by atoms with Gasteiger partial charge in [0.1, 0.15) is 11.3 Å². The number of carbonyl (C=O) groups excluding carboxylic acids is 1. The molecule has 0 saturated carbocycles. The molecule has 0 aliphatic carbocycles. The Morgan fingerprint density at radius 1 is 1.15 bits per heavy atom. The number of hydrogen-bond donors (Lipinski definition) is 0. The molecule has 1 aromatic carbocycles. The van der Waals surface area contributed by atoms with Crippen LogP contribution in [0.3, 0.4) is 0 Å². The number of benzene rings is 1.